The average molecular weight is 493 g/mol. The van der Waals surface area contributed by atoms with E-state index in [9.17, 15) is 9.59 Å². The van der Waals surface area contributed by atoms with Crippen molar-refractivity contribution in [3.63, 3.8) is 0 Å². The molecule has 0 saturated carbocycles. The van der Waals surface area contributed by atoms with Crippen molar-refractivity contribution in [3.05, 3.63) is 77.0 Å². The van der Waals surface area contributed by atoms with E-state index in [1.165, 1.54) is 0 Å². The molecule has 1 N–H and O–H groups in total. The zero-order valence-corrected chi connectivity index (χ0v) is 20.3. The number of nitrogens with zero attached hydrogens (tertiary/aromatic N) is 1. The Morgan fingerprint density at radius 3 is 2.62 bits per heavy atom. The molecule has 174 valence electrons. The van der Waals surface area contributed by atoms with Gasteiger partial charge in [-0.15, -0.1) is 24.1 Å². The molecule has 2 amide bonds. The second-order valence-corrected chi connectivity index (χ2v) is 9.35. The molecule has 0 bridgehead atoms. The van der Waals surface area contributed by atoms with Gasteiger partial charge >= 0.3 is 0 Å². The van der Waals surface area contributed by atoms with Gasteiger partial charge in [0.25, 0.3) is 5.91 Å². The summed E-state index contributed by atoms with van der Waals surface area (Å²) in [7, 11) is 1.61. The Balaban J connectivity index is 1.43. The number of hydrogen-bond donors (Lipinski definition) is 1. The zero-order valence-electron chi connectivity index (χ0n) is 18.7. The number of carbonyl (C=O) groups excluding carboxylic acids is 2. The maximum atomic E-state index is 13.1. The highest BCUT2D eigenvalue weighted by molar-refractivity contribution is 8.00. The molecular formula is C26H24N2O4S2. The second kappa shape index (κ2) is 10.8. The van der Waals surface area contributed by atoms with E-state index in [4.69, 9.17) is 28.1 Å². The van der Waals surface area contributed by atoms with Gasteiger partial charge in [0.15, 0.2) is 0 Å². The van der Waals surface area contributed by atoms with Crippen molar-refractivity contribution in [2.45, 2.75) is 30.9 Å². The van der Waals surface area contributed by atoms with E-state index in [1.54, 1.807) is 23.8 Å². The van der Waals surface area contributed by atoms with Crippen LogP contribution in [0, 0.1) is 12.3 Å². The lowest BCUT2D eigenvalue weighted by Gasteiger charge is -2.50. The SMILES string of the molecule is C#CCC1=C(C(=S)OCc2ccc(OC)cc2)N2C(=O)[C@@H](NC(=O)Cc3ccccc3)[C@H]2SC1. The van der Waals surface area contributed by atoms with Crippen LogP contribution >= 0.6 is 24.0 Å². The molecule has 2 atom stereocenters. The smallest absolute Gasteiger partial charge is 0.253 e. The first-order valence-electron chi connectivity index (χ1n) is 10.8. The van der Waals surface area contributed by atoms with Gasteiger partial charge < -0.3 is 14.8 Å². The fraction of sp³-hybridized carbons (Fsp3) is 0.269. The van der Waals surface area contributed by atoms with Crippen LogP contribution in [0.4, 0.5) is 0 Å². The van der Waals surface area contributed by atoms with Gasteiger partial charge in [-0.3, -0.25) is 14.5 Å². The van der Waals surface area contributed by atoms with Crippen LogP contribution in [0.15, 0.2) is 65.9 Å². The maximum absolute atomic E-state index is 13.1. The molecule has 6 nitrogen and oxygen atoms in total. The van der Waals surface area contributed by atoms with E-state index in [1.807, 2.05) is 54.6 Å². The Labute approximate surface area is 208 Å². The third-order valence-electron chi connectivity index (χ3n) is 5.61. The number of thiocarbonyl (C=S) groups is 1. The van der Waals surface area contributed by atoms with Gasteiger partial charge in [0.1, 0.15) is 23.8 Å². The highest BCUT2D eigenvalue weighted by atomic mass is 32.2. The second-order valence-electron chi connectivity index (χ2n) is 7.87. The predicted molar refractivity (Wildman–Crippen MR) is 136 cm³/mol. The average Bonchev–Trinajstić information content (AvgIpc) is 2.86. The number of hydrogen-bond acceptors (Lipinski definition) is 6. The summed E-state index contributed by atoms with van der Waals surface area (Å²) in [5.74, 6) is 3.61. The highest BCUT2D eigenvalue weighted by Crippen LogP contribution is 2.41. The summed E-state index contributed by atoms with van der Waals surface area (Å²) in [6.45, 7) is 0.257. The van der Waals surface area contributed by atoms with Crippen LogP contribution in [0.3, 0.4) is 0 Å². The first-order chi connectivity index (χ1) is 16.5. The molecule has 1 fully saturated rings. The molecule has 0 aromatic heterocycles. The number of β-lactam (4-membered cyclic amide) rings is 1. The quantitative estimate of drug-likeness (QED) is 0.346. The summed E-state index contributed by atoms with van der Waals surface area (Å²) < 4.78 is 11.1. The van der Waals surface area contributed by atoms with Crippen molar-refractivity contribution in [2.24, 2.45) is 0 Å². The molecule has 8 heteroatoms. The van der Waals surface area contributed by atoms with E-state index < -0.39 is 6.04 Å². The molecule has 0 unspecified atom stereocenters. The minimum Gasteiger partial charge on any atom is -0.497 e. The van der Waals surface area contributed by atoms with Crippen molar-refractivity contribution < 1.29 is 19.1 Å². The summed E-state index contributed by atoms with van der Waals surface area (Å²) >= 11 is 7.15. The number of amides is 2. The minimum atomic E-state index is -0.604. The van der Waals surface area contributed by atoms with Gasteiger partial charge in [-0.25, -0.2) is 0 Å². The Morgan fingerprint density at radius 1 is 1.21 bits per heavy atom. The summed E-state index contributed by atoms with van der Waals surface area (Å²) in [5, 5.41) is 2.87. The molecular weight excluding hydrogens is 468 g/mol. The Kier molecular flexibility index (Phi) is 7.56. The number of thioether (sulfide) groups is 1. The number of methoxy groups -OCH3 is 1. The minimum absolute atomic E-state index is 0.192. The van der Waals surface area contributed by atoms with Crippen molar-refractivity contribution in [1.82, 2.24) is 10.2 Å². The summed E-state index contributed by atoms with van der Waals surface area (Å²) in [4.78, 5) is 27.2. The molecule has 0 aliphatic carbocycles. The lowest BCUT2D eigenvalue weighted by Crippen LogP contribution is -2.70. The van der Waals surface area contributed by atoms with Gasteiger partial charge in [0.05, 0.1) is 19.2 Å². The molecule has 2 aliphatic heterocycles. The van der Waals surface area contributed by atoms with Gasteiger partial charge in [-0.1, -0.05) is 42.5 Å². The topological polar surface area (TPSA) is 67.9 Å². The molecule has 2 aromatic carbocycles. The lowest BCUT2D eigenvalue weighted by atomic mass is 10.0. The Morgan fingerprint density at radius 2 is 1.94 bits per heavy atom. The first kappa shape index (κ1) is 23.9. The van der Waals surface area contributed by atoms with Crippen LogP contribution in [0.5, 0.6) is 5.75 Å². The third kappa shape index (κ3) is 5.11. The number of nitrogens with one attached hydrogen (secondary N) is 1. The maximum Gasteiger partial charge on any atom is 0.253 e. The molecule has 1 saturated heterocycles. The van der Waals surface area contributed by atoms with Crippen molar-refractivity contribution in [2.75, 3.05) is 12.9 Å². The fourth-order valence-electron chi connectivity index (χ4n) is 3.88. The molecule has 2 aromatic rings. The third-order valence-corrected chi connectivity index (χ3v) is 7.26. The fourth-order valence-corrected chi connectivity index (χ4v) is 5.52. The molecule has 4 rings (SSSR count). The zero-order chi connectivity index (χ0) is 24.1. The largest absolute Gasteiger partial charge is 0.497 e. The number of carbonyl (C=O) groups is 2. The normalized spacial score (nSPS) is 18.9. The van der Waals surface area contributed by atoms with E-state index in [0.717, 1.165) is 22.4 Å². The van der Waals surface area contributed by atoms with Gasteiger partial charge in [-0.05, 0) is 41.1 Å². The van der Waals surface area contributed by atoms with E-state index in [-0.39, 0.29) is 35.3 Å². The molecule has 34 heavy (non-hydrogen) atoms. The number of rotatable bonds is 8. The monoisotopic (exact) mass is 492 g/mol. The Hall–Kier alpha value is -3.28. The van der Waals surface area contributed by atoms with E-state index >= 15 is 0 Å². The summed E-state index contributed by atoms with van der Waals surface area (Å²) in [6.07, 6.45) is 6.15. The van der Waals surface area contributed by atoms with Crippen LogP contribution in [-0.4, -0.2) is 46.0 Å². The number of fused-ring (bicyclic) bond motifs is 1. The lowest BCUT2D eigenvalue weighted by molar-refractivity contribution is -0.145. The van der Waals surface area contributed by atoms with Crippen LogP contribution in [0.2, 0.25) is 0 Å². The van der Waals surface area contributed by atoms with Crippen molar-refractivity contribution in [3.8, 4) is 18.1 Å². The predicted octanol–water partition coefficient (Wildman–Crippen LogP) is 3.46. The van der Waals surface area contributed by atoms with Gasteiger partial charge in [-0.2, -0.15) is 0 Å². The summed E-state index contributed by atoms with van der Waals surface area (Å²) in [5.41, 5.74) is 3.25. The van der Waals surface area contributed by atoms with Crippen molar-refractivity contribution in [1.29, 1.82) is 0 Å². The van der Waals surface area contributed by atoms with Crippen LogP contribution in [0.25, 0.3) is 0 Å². The molecule has 0 spiro atoms. The summed E-state index contributed by atoms with van der Waals surface area (Å²) in [6, 6.07) is 16.3. The van der Waals surface area contributed by atoms with Gasteiger partial charge in [0.2, 0.25) is 11.0 Å². The standard InChI is InChI=1S/C26H24N2O4S2/c1-3-7-19-16-34-25-22(27-21(29)14-17-8-5-4-6-9-17)24(30)28(25)23(19)26(33)32-15-18-10-12-20(31-2)13-11-18/h1,4-6,8-13,22,25H,7,14-16H2,2H3,(H,27,29)/t22-,25-/m1/s1. The van der Waals surface area contributed by atoms with Crippen molar-refractivity contribution >= 4 is 40.8 Å². The number of benzene rings is 2. The highest BCUT2D eigenvalue weighted by Gasteiger charge is 2.53. The molecule has 2 aliphatic rings. The number of terminal acetylenes is 1. The van der Waals surface area contributed by atoms with Crippen LogP contribution in [0.1, 0.15) is 17.5 Å². The molecule has 2 heterocycles. The van der Waals surface area contributed by atoms with Crippen LogP contribution < -0.4 is 10.1 Å². The van der Waals surface area contributed by atoms with E-state index in [0.29, 0.717) is 17.9 Å². The first-order valence-corrected chi connectivity index (χ1v) is 12.2. The number of ether oxygens (including phenoxy) is 2. The van der Waals surface area contributed by atoms with E-state index in [2.05, 4.69) is 11.2 Å². The Bertz CT molecular complexity index is 1160. The van der Waals surface area contributed by atoms with Gasteiger partial charge in [0, 0.05) is 12.2 Å². The molecule has 0 radical (unpaired) electrons. The van der Waals surface area contributed by atoms with Crippen LogP contribution in [-0.2, 0) is 27.4 Å².